The number of hydrogen-bond acceptors (Lipinski definition) is 8. The molecule has 0 radical (unpaired) electrons. The number of hydrogen-bond donors (Lipinski definition) is 8. The normalized spacial score (nSPS) is 29.8. The van der Waals surface area contributed by atoms with Crippen molar-refractivity contribution >= 4 is 47.3 Å². The minimum Gasteiger partial charge on any atom is -0.353 e. The van der Waals surface area contributed by atoms with Crippen molar-refractivity contribution in [2.24, 2.45) is 59.2 Å². The first-order valence-corrected chi connectivity index (χ1v) is 34.6. The summed E-state index contributed by atoms with van der Waals surface area (Å²) in [5.74, 6) is -5.07. The molecule has 8 amide bonds. The molecule has 8 heterocycles. The topological polar surface area (TPSA) is 233 Å². The first-order valence-electron chi connectivity index (χ1n) is 34.6. The van der Waals surface area contributed by atoms with Crippen LogP contribution < -0.4 is 42.5 Å². The highest BCUT2D eigenvalue weighted by Crippen LogP contribution is 2.32. The zero-order valence-corrected chi connectivity index (χ0v) is 59.4. The maximum Gasteiger partial charge on any atom is 0.326 e. The van der Waals surface area contributed by atoms with Crippen molar-refractivity contribution in [2.45, 2.75) is 332 Å². The number of carbonyl (C=O) groups excluding carboxylic acids is 8. The van der Waals surface area contributed by atoms with E-state index < -0.39 is 59.4 Å². The molecule has 6 unspecified atom stereocenters. The lowest BCUT2D eigenvalue weighted by Crippen LogP contribution is -2.31. The van der Waals surface area contributed by atoms with Gasteiger partial charge in [0.25, 0.3) is 29.5 Å². The van der Waals surface area contributed by atoms with Gasteiger partial charge in [0.2, 0.25) is 17.7 Å². The lowest BCUT2D eigenvalue weighted by molar-refractivity contribution is -0.140. The zero-order chi connectivity index (χ0) is 70.8. The van der Waals surface area contributed by atoms with Crippen molar-refractivity contribution in [3.05, 3.63) is 0 Å². The summed E-state index contributed by atoms with van der Waals surface area (Å²) in [6.45, 7) is 38.6. The van der Waals surface area contributed by atoms with Crippen LogP contribution in [0.5, 0.6) is 0 Å². The molecule has 8 aliphatic rings. The van der Waals surface area contributed by atoms with Crippen molar-refractivity contribution in [2.75, 3.05) is 0 Å². The smallest absolute Gasteiger partial charge is 0.326 e. The van der Waals surface area contributed by atoms with Gasteiger partial charge in [-0.1, -0.05) is 125 Å². The molecule has 0 aliphatic carbocycles. The number of amides is 8. The Hall–Kier alpha value is -4.73. The van der Waals surface area contributed by atoms with E-state index in [2.05, 4.69) is 126 Å². The summed E-state index contributed by atoms with van der Waals surface area (Å²) in [5.41, 5.74) is -1.64. The van der Waals surface area contributed by atoms with Crippen molar-refractivity contribution in [1.29, 1.82) is 0 Å². The summed E-state index contributed by atoms with van der Waals surface area (Å²) in [5, 5.41) is 21.5. The van der Waals surface area contributed by atoms with Crippen LogP contribution >= 0.6 is 0 Å². The summed E-state index contributed by atoms with van der Waals surface area (Å²) in [7, 11) is 0. The number of alkyl halides is 7. The van der Waals surface area contributed by atoms with Gasteiger partial charge >= 0.3 is 11.8 Å². The van der Waals surface area contributed by atoms with Crippen molar-refractivity contribution < 1.29 is 69.1 Å². The average Bonchev–Trinajstić information content (AvgIpc) is 1.76. The fourth-order valence-electron chi connectivity index (χ4n) is 12.8. The van der Waals surface area contributed by atoms with Crippen LogP contribution in [0.2, 0.25) is 0 Å². The van der Waals surface area contributed by atoms with E-state index in [1.54, 1.807) is 0 Å². The maximum absolute atomic E-state index is 13.3. The van der Waals surface area contributed by atoms with Gasteiger partial charge in [0.05, 0.1) is 0 Å². The Morgan fingerprint density at radius 2 is 0.587 bits per heavy atom. The number of carbonyl (C=O) groups is 8. The molecule has 13 atom stereocenters. The summed E-state index contributed by atoms with van der Waals surface area (Å²) in [6.07, 6.45) is 11.1. The van der Waals surface area contributed by atoms with Crippen molar-refractivity contribution in [3.63, 3.8) is 0 Å². The predicted molar refractivity (Wildman–Crippen MR) is 349 cm³/mol. The summed E-state index contributed by atoms with van der Waals surface area (Å²) in [4.78, 5) is 86.5. The molecule has 8 saturated heterocycles. The van der Waals surface area contributed by atoms with Crippen LogP contribution in [0.15, 0.2) is 0 Å². The van der Waals surface area contributed by atoms with Gasteiger partial charge in [-0.3, -0.25) is 38.4 Å². The summed E-state index contributed by atoms with van der Waals surface area (Å²) in [6, 6.07) is 0.847. The lowest BCUT2D eigenvalue weighted by atomic mass is 9.90. The van der Waals surface area contributed by atoms with E-state index in [9.17, 15) is 69.1 Å². The number of nitrogens with one attached hydrogen (secondary N) is 8. The first kappa shape index (κ1) is 85.3. The van der Waals surface area contributed by atoms with Gasteiger partial charge < -0.3 is 42.5 Å². The van der Waals surface area contributed by atoms with Crippen LogP contribution in [0.25, 0.3) is 0 Å². The highest BCUT2D eigenvalue weighted by Gasteiger charge is 2.49. The molecule has 23 heteroatoms. The Morgan fingerprint density at radius 1 is 0.348 bits per heavy atom. The molecule has 0 aromatic rings. The van der Waals surface area contributed by atoms with Crippen LogP contribution in [0.3, 0.4) is 0 Å². The quantitative estimate of drug-likeness (QED) is 0.0614. The molecule has 0 aromatic heterocycles. The SMILES string of the molecule is CC(C)CC1CC(F)(F)C(=O)N1.CC(C)CC1CCC(=O)N1.CC(C)C[C@@H]1CC(F)(F)C(=O)N1.CC(C)C[C@@H]1CCC(=O)N1.CC(C)C[C@H]1CC(C)(F)C(=O)N1.CC(C)C[C@H]1CCC(=O)N1.CCC1C(CC(C)C)NC(=O)C1F.CC[C@@H]1[C@H](F)C(=O)N[C@@H]1CC(C)C. The summed E-state index contributed by atoms with van der Waals surface area (Å²) < 4.78 is 90.3. The minimum absolute atomic E-state index is 0.0347. The molecular formula is C69H123F7N8O8. The molecule has 0 aromatic carbocycles. The van der Waals surface area contributed by atoms with E-state index in [1.165, 1.54) is 6.92 Å². The average molecular weight is 1330 g/mol. The molecule has 92 heavy (non-hydrogen) atoms. The van der Waals surface area contributed by atoms with Crippen LogP contribution in [-0.2, 0) is 38.4 Å². The van der Waals surface area contributed by atoms with E-state index in [0.717, 1.165) is 89.9 Å². The third-order valence-electron chi connectivity index (χ3n) is 16.9. The fraction of sp³-hybridized carbons (Fsp3) is 0.884. The molecule has 16 nitrogen and oxygen atoms in total. The molecular weight excluding hydrogens is 1200 g/mol. The fourth-order valence-corrected chi connectivity index (χ4v) is 12.8. The van der Waals surface area contributed by atoms with Crippen LogP contribution in [0, 0.1) is 59.2 Å². The molecule has 8 aliphatic heterocycles. The minimum atomic E-state index is -3.14. The van der Waals surface area contributed by atoms with E-state index in [0.29, 0.717) is 84.7 Å². The van der Waals surface area contributed by atoms with Gasteiger partial charge in [0.15, 0.2) is 18.0 Å². The molecule has 8 rings (SSSR count). The molecule has 536 valence electrons. The third-order valence-corrected chi connectivity index (χ3v) is 16.9. The lowest BCUT2D eigenvalue weighted by Gasteiger charge is -2.19. The largest absolute Gasteiger partial charge is 0.353 e. The van der Waals surface area contributed by atoms with Gasteiger partial charge in [0, 0.05) is 98.7 Å². The Balaban J connectivity index is 0.000000527. The number of halogens is 7. The van der Waals surface area contributed by atoms with Crippen molar-refractivity contribution in [1.82, 2.24) is 42.5 Å². The second-order valence-electron chi connectivity index (χ2n) is 30.4. The Bertz CT molecular complexity index is 2050. The Kier molecular flexibility index (Phi) is 37.7. The summed E-state index contributed by atoms with van der Waals surface area (Å²) >= 11 is 0. The van der Waals surface area contributed by atoms with Crippen molar-refractivity contribution in [3.8, 4) is 0 Å². The van der Waals surface area contributed by atoms with E-state index in [1.807, 2.05) is 41.5 Å². The highest BCUT2D eigenvalue weighted by molar-refractivity contribution is 5.88. The van der Waals surface area contributed by atoms with Gasteiger partial charge in [-0.05, 0) is 138 Å². The van der Waals surface area contributed by atoms with Crippen LogP contribution in [-0.4, -0.2) is 125 Å². The molecule has 0 saturated carbocycles. The molecule has 8 N–H and O–H groups in total. The van der Waals surface area contributed by atoms with Crippen LogP contribution in [0.1, 0.15) is 254 Å². The maximum atomic E-state index is 13.3. The standard InChI is InChI=1S/2C10H18FNO.C9H16FNO.2C8H13F2NO.3C8H15NO/c2*1-4-7-8(5-6(2)3)12-10(13)9(7)11;1-6(2)4-7-5-9(3,10)8(12)11-7;2*1-5(2)3-6-4-8(9,10)7(12)11-6;3*1-6(2)5-7-3-4-8(10)9-7/h2*6-9H,4-5H2,1-3H3,(H,12,13);6-7H,4-5H2,1-3H3,(H,11,12);2*5-6H,3-4H2,1-2H3,(H,11,12);3*6-7H,3-5H2,1-2H3,(H,9,10)/t7-,8+,9-;;7-,9?;6-;;2*7-;/m0.01.10./s1. The molecule has 8 fully saturated rings. The van der Waals surface area contributed by atoms with Gasteiger partial charge in [-0.25, -0.2) is 13.2 Å². The van der Waals surface area contributed by atoms with E-state index in [-0.39, 0.29) is 72.6 Å². The first-order chi connectivity index (χ1) is 42.4. The Morgan fingerprint density at radius 3 is 0.772 bits per heavy atom. The van der Waals surface area contributed by atoms with Gasteiger partial charge in [-0.15, -0.1) is 0 Å². The highest BCUT2D eigenvalue weighted by atomic mass is 19.3. The predicted octanol–water partition coefficient (Wildman–Crippen LogP) is 12.5. The van der Waals surface area contributed by atoms with Gasteiger partial charge in [-0.2, -0.15) is 17.6 Å². The van der Waals surface area contributed by atoms with E-state index in [4.69, 9.17) is 0 Å². The second kappa shape index (κ2) is 40.6. The zero-order valence-electron chi connectivity index (χ0n) is 59.4. The monoisotopic (exact) mass is 1320 g/mol. The number of rotatable bonds is 18. The molecule has 0 bridgehead atoms. The Labute approximate surface area is 547 Å². The van der Waals surface area contributed by atoms with Gasteiger partial charge in [0.1, 0.15) is 0 Å². The third kappa shape index (κ3) is 33.1. The van der Waals surface area contributed by atoms with E-state index >= 15 is 0 Å². The van der Waals surface area contributed by atoms with Crippen LogP contribution in [0.4, 0.5) is 30.7 Å². The molecule has 0 spiro atoms. The second-order valence-corrected chi connectivity index (χ2v) is 30.4.